The number of nitrogens with one attached hydrogen (secondary N) is 1. The number of anilines is 1. The van der Waals surface area contributed by atoms with Crippen molar-refractivity contribution >= 4 is 26.6 Å². The molecule has 5 heteroatoms. The molecule has 0 fully saturated rings. The molecule has 0 spiro atoms. The largest absolute Gasteiger partial charge is 0.277 e. The zero-order valence-electron chi connectivity index (χ0n) is 11.4. The molecule has 2 aromatic carbocycles. The summed E-state index contributed by atoms with van der Waals surface area (Å²) < 4.78 is 27.5. The lowest BCUT2D eigenvalue weighted by molar-refractivity contribution is 0.601. The second kappa shape index (κ2) is 5.18. The molecule has 3 rings (SSSR count). The molecule has 1 aromatic heterocycles. The fourth-order valence-electron chi connectivity index (χ4n) is 2.22. The van der Waals surface area contributed by atoms with Gasteiger partial charge in [0.05, 0.1) is 16.1 Å². The van der Waals surface area contributed by atoms with Crippen LogP contribution in [0, 0.1) is 6.92 Å². The van der Waals surface area contributed by atoms with Crippen molar-refractivity contribution in [3.63, 3.8) is 0 Å². The van der Waals surface area contributed by atoms with Crippen molar-refractivity contribution in [2.45, 2.75) is 11.8 Å². The summed E-state index contributed by atoms with van der Waals surface area (Å²) in [6, 6.07) is 15.8. The van der Waals surface area contributed by atoms with E-state index in [-0.39, 0.29) is 4.90 Å². The first kappa shape index (κ1) is 13.6. The first-order valence-electron chi connectivity index (χ1n) is 6.49. The number of hydrogen-bond donors (Lipinski definition) is 1. The molecule has 21 heavy (non-hydrogen) atoms. The third-order valence-electron chi connectivity index (χ3n) is 3.15. The molecule has 1 N–H and O–H groups in total. The highest BCUT2D eigenvalue weighted by molar-refractivity contribution is 7.92. The summed E-state index contributed by atoms with van der Waals surface area (Å²) in [5.74, 6) is 0. The lowest BCUT2D eigenvalue weighted by Crippen LogP contribution is -2.13. The Bertz CT molecular complexity index is 891. The lowest BCUT2D eigenvalue weighted by atomic mass is 10.1. The van der Waals surface area contributed by atoms with Gasteiger partial charge in [-0.1, -0.05) is 24.3 Å². The van der Waals surface area contributed by atoms with Crippen molar-refractivity contribution in [1.29, 1.82) is 0 Å². The van der Waals surface area contributed by atoms with E-state index in [1.54, 1.807) is 42.6 Å². The quantitative estimate of drug-likeness (QED) is 0.806. The number of fused-ring (bicyclic) bond motifs is 1. The standard InChI is InChI=1S/C16H14N2O2S/c1-12-10-13-6-5-9-17-16(13)15(11-12)18-21(19,20)14-7-3-2-4-8-14/h2-11,18H,1H3. The molecule has 106 valence electrons. The van der Waals surface area contributed by atoms with E-state index in [1.807, 2.05) is 25.1 Å². The Kier molecular flexibility index (Phi) is 3.35. The minimum atomic E-state index is -3.61. The smallest absolute Gasteiger partial charge is 0.261 e. The van der Waals surface area contributed by atoms with Gasteiger partial charge in [-0.05, 0) is 42.8 Å². The van der Waals surface area contributed by atoms with Gasteiger partial charge in [-0.2, -0.15) is 0 Å². The van der Waals surface area contributed by atoms with Gasteiger partial charge < -0.3 is 0 Å². The number of benzene rings is 2. The molecular weight excluding hydrogens is 284 g/mol. The van der Waals surface area contributed by atoms with Crippen LogP contribution in [0.15, 0.2) is 65.7 Å². The van der Waals surface area contributed by atoms with E-state index in [2.05, 4.69) is 9.71 Å². The number of sulfonamides is 1. The van der Waals surface area contributed by atoms with E-state index in [0.29, 0.717) is 11.2 Å². The third kappa shape index (κ3) is 2.73. The molecule has 0 aliphatic carbocycles. The molecule has 0 amide bonds. The Morgan fingerprint density at radius 1 is 1.00 bits per heavy atom. The fraction of sp³-hybridized carbons (Fsp3) is 0.0625. The molecule has 0 radical (unpaired) electrons. The summed E-state index contributed by atoms with van der Waals surface area (Å²) in [7, 11) is -3.61. The maximum atomic E-state index is 12.4. The molecule has 0 bridgehead atoms. The molecule has 0 saturated heterocycles. The maximum Gasteiger partial charge on any atom is 0.261 e. The van der Waals surface area contributed by atoms with Crippen LogP contribution >= 0.6 is 0 Å². The molecule has 4 nitrogen and oxygen atoms in total. The van der Waals surface area contributed by atoms with Crippen molar-refractivity contribution in [3.05, 3.63) is 66.4 Å². The zero-order valence-corrected chi connectivity index (χ0v) is 12.3. The van der Waals surface area contributed by atoms with E-state index in [1.165, 1.54) is 0 Å². The highest BCUT2D eigenvalue weighted by Crippen LogP contribution is 2.25. The maximum absolute atomic E-state index is 12.4. The number of nitrogens with zero attached hydrogens (tertiary/aromatic N) is 1. The number of hydrogen-bond acceptors (Lipinski definition) is 3. The van der Waals surface area contributed by atoms with Crippen LogP contribution in [-0.4, -0.2) is 13.4 Å². The van der Waals surface area contributed by atoms with E-state index < -0.39 is 10.0 Å². The molecule has 1 heterocycles. The van der Waals surface area contributed by atoms with Crippen LogP contribution in [0.5, 0.6) is 0 Å². The molecular formula is C16H14N2O2S. The fourth-order valence-corrected chi connectivity index (χ4v) is 3.30. The van der Waals surface area contributed by atoms with Crippen molar-refractivity contribution in [2.75, 3.05) is 4.72 Å². The van der Waals surface area contributed by atoms with Gasteiger partial charge in [-0.3, -0.25) is 9.71 Å². The Hall–Kier alpha value is -2.40. The molecule has 0 saturated carbocycles. The highest BCUT2D eigenvalue weighted by Gasteiger charge is 2.15. The summed E-state index contributed by atoms with van der Waals surface area (Å²) in [5, 5.41) is 0.906. The van der Waals surface area contributed by atoms with Gasteiger partial charge in [-0.15, -0.1) is 0 Å². The van der Waals surface area contributed by atoms with Crippen LogP contribution in [0.3, 0.4) is 0 Å². The van der Waals surface area contributed by atoms with Crippen molar-refractivity contribution < 1.29 is 8.42 Å². The van der Waals surface area contributed by atoms with Gasteiger partial charge >= 0.3 is 0 Å². The number of aryl methyl sites for hydroxylation is 1. The second-order valence-corrected chi connectivity index (χ2v) is 6.49. The van der Waals surface area contributed by atoms with Gasteiger partial charge in [0.25, 0.3) is 10.0 Å². The number of rotatable bonds is 3. The van der Waals surface area contributed by atoms with Crippen LogP contribution in [0.25, 0.3) is 10.9 Å². The SMILES string of the molecule is Cc1cc(NS(=O)(=O)c2ccccc2)c2ncccc2c1. The summed E-state index contributed by atoms with van der Waals surface area (Å²) in [6.07, 6.45) is 1.65. The van der Waals surface area contributed by atoms with E-state index in [9.17, 15) is 8.42 Å². The Morgan fingerprint density at radius 3 is 2.52 bits per heavy atom. The van der Waals surface area contributed by atoms with Gasteiger partial charge in [-0.25, -0.2) is 8.42 Å². The van der Waals surface area contributed by atoms with Crippen LogP contribution < -0.4 is 4.72 Å². The Labute approximate surface area is 123 Å². The predicted octanol–water partition coefficient (Wildman–Crippen LogP) is 3.34. The van der Waals surface area contributed by atoms with E-state index in [0.717, 1.165) is 10.9 Å². The predicted molar refractivity (Wildman–Crippen MR) is 83.7 cm³/mol. The third-order valence-corrected chi connectivity index (χ3v) is 4.53. The van der Waals surface area contributed by atoms with Crippen LogP contribution in [0.1, 0.15) is 5.56 Å². The summed E-state index contributed by atoms with van der Waals surface area (Å²) in [6.45, 7) is 1.92. The average Bonchev–Trinajstić information content (AvgIpc) is 2.47. The van der Waals surface area contributed by atoms with Crippen LogP contribution in [-0.2, 0) is 10.0 Å². The Balaban J connectivity index is 2.10. The number of pyridine rings is 1. The molecule has 0 atom stereocenters. The van der Waals surface area contributed by atoms with E-state index in [4.69, 9.17) is 0 Å². The summed E-state index contributed by atoms with van der Waals surface area (Å²) >= 11 is 0. The molecule has 0 aliphatic rings. The molecule has 3 aromatic rings. The second-order valence-electron chi connectivity index (χ2n) is 4.81. The van der Waals surface area contributed by atoms with Crippen LogP contribution in [0.2, 0.25) is 0 Å². The normalized spacial score (nSPS) is 11.5. The van der Waals surface area contributed by atoms with Gasteiger partial charge in [0, 0.05) is 11.6 Å². The monoisotopic (exact) mass is 298 g/mol. The minimum Gasteiger partial charge on any atom is -0.277 e. The first-order valence-corrected chi connectivity index (χ1v) is 7.98. The Morgan fingerprint density at radius 2 is 1.76 bits per heavy atom. The minimum absolute atomic E-state index is 0.232. The van der Waals surface area contributed by atoms with Crippen molar-refractivity contribution in [2.24, 2.45) is 0 Å². The van der Waals surface area contributed by atoms with Gasteiger partial charge in [0.1, 0.15) is 0 Å². The summed E-state index contributed by atoms with van der Waals surface area (Å²) in [5.41, 5.74) is 2.11. The summed E-state index contributed by atoms with van der Waals surface area (Å²) in [4.78, 5) is 4.51. The van der Waals surface area contributed by atoms with Gasteiger partial charge in [0.2, 0.25) is 0 Å². The average molecular weight is 298 g/mol. The first-order chi connectivity index (χ1) is 10.1. The molecule has 0 aliphatic heterocycles. The topological polar surface area (TPSA) is 59.1 Å². The van der Waals surface area contributed by atoms with E-state index >= 15 is 0 Å². The van der Waals surface area contributed by atoms with Crippen LogP contribution in [0.4, 0.5) is 5.69 Å². The zero-order chi connectivity index (χ0) is 14.9. The highest BCUT2D eigenvalue weighted by atomic mass is 32.2. The van der Waals surface area contributed by atoms with Crippen molar-refractivity contribution in [1.82, 2.24) is 4.98 Å². The van der Waals surface area contributed by atoms with Gasteiger partial charge in [0.15, 0.2) is 0 Å². The van der Waals surface area contributed by atoms with Crippen molar-refractivity contribution in [3.8, 4) is 0 Å². The number of aromatic nitrogens is 1. The lowest BCUT2D eigenvalue weighted by Gasteiger charge is -2.11. The molecule has 0 unspecified atom stereocenters.